The fraction of sp³-hybridized carbons (Fsp3) is 0.800. The fourth-order valence-corrected chi connectivity index (χ4v) is 2.25. The number of rotatable bonds is 3. The SMILES string of the molecule is O=C(O)CC1CC(C2CCCC2)=NO1. The van der Waals surface area contributed by atoms with Gasteiger partial charge in [-0.05, 0) is 12.8 Å². The van der Waals surface area contributed by atoms with Gasteiger partial charge in [0.05, 0.1) is 12.1 Å². The fourth-order valence-electron chi connectivity index (χ4n) is 2.25. The maximum atomic E-state index is 10.5. The van der Waals surface area contributed by atoms with E-state index in [2.05, 4.69) is 5.16 Å². The molecule has 0 spiro atoms. The first-order chi connectivity index (χ1) is 6.75. The number of nitrogens with zero attached hydrogens (tertiary/aromatic N) is 1. The quantitative estimate of drug-likeness (QED) is 0.750. The van der Waals surface area contributed by atoms with Gasteiger partial charge in [-0.15, -0.1) is 0 Å². The molecule has 1 N–H and O–H groups in total. The summed E-state index contributed by atoms with van der Waals surface area (Å²) in [4.78, 5) is 15.5. The number of carboxylic acids is 1. The maximum absolute atomic E-state index is 10.5. The van der Waals surface area contributed by atoms with Crippen LogP contribution in [0.4, 0.5) is 0 Å². The lowest BCUT2D eigenvalue weighted by Gasteiger charge is -2.06. The van der Waals surface area contributed by atoms with Gasteiger partial charge in [0.15, 0.2) is 0 Å². The van der Waals surface area contributed by atoms with E-state index in [4.69, 9.17) is 9.94 Å². The summed E-state index contributed by atoms with van der Waals surface area (Å²) >= 11 is 0. The highest BCUT2D eigenvalue weighted by Gasteiger charge is 2.30. The summed E-state index contributed by atoms with van der Waals surface area (Å²) in [6.45, 7) is 0. The molecule has 1 saturated carbocycles. The lowest BCUT2D eigenvalue weighted by atomic mass is 9.97. The van der Waals surface area contributed by atoms with Gasteiger partial charge in [-0.2, -0.15) is 0 Å². The van der Waals surface area contributed by atoms with Gasteiger partial charge in [0.1, 0.15) is 6.10 Å². The van der Waals surface area contributed by atoms with E-state index in [-0.39, 0.29) is 12.5 Å². The third-order valence-electron chi connectivity index (χ3n) is 2.98. The zero-order valence-electron chi connectivity index (χ0n) is 8.11. The Morgan fingerprint density at radius 1 is 1.50 bits per heavy atom. The van der Waals surface area contributed by atoms with Crippen LogP contribution in [0.3, 0.4) is 0 Å². The molecule has 0 aromatic carbocycles. The van der Waals surface area contributed by atoms with Crippen molar-refractivity contribution >= 4 is 11.7 Å². The van der Waals surface area contributed by atoms with Gasteiger partial charge in [0, 0.05) is 12.3 Å². The van der Waals surface area contributed by atoms with Crippen molar-refractivity contribution in [1.29, 1.82) is 0 Å². The largest absolute Gasteiger partial charge is 0.481 e. The zero-order chi connectivity index (χ0) is 9.97. The second-order valence-corrected chi connectivity index (χ2v) is 4.09. The van der Waals surface area contributed by atoms with Crippen LogP contribution in [-0.4, -0.2) is 22.9 Å². The third kappa shape index (κ3) is 2.05. The molecule has 0 aromatic rings. The second kappa shape index (κ2) is 3.98. The molecule has 1 fully saturated rings. The number of hydrogen-bond donors (Lipinski definition) is 1. The molecule has 0 amide bonds. The average molecular weight is 197 g/mol. The summed E-state index contributed by atoms with van der Waals surface area (Å²) < 4.78 is 0. The molecule has 2 aliphatic rings. The summed E-state index contributed by atoms with van der Waals surface area (Å²) in [7, 11) is 0. The minimum Gasteiger partial charge on any atom is -0.481 e. The van der Waals surface area contributed by atoms with Gasteiger partial charge in [-0.25, -0.2) is 0 Å². The Kier molecular flexibility index (Phi) is 2.70. The van der Waals surface area contributed by atoms with E-state index in [9.17, 15) is 4.79 Å². The lowest BCUT2D eigenvalue weighted by Crippen LogP contribution is -2.16. The van der Waals surface area contributed by atoms with E-state index >= 15 is 0 Å². The van der Waals surface area contributed by atoms with Crippen LogP contribution in [0.1, 0.15) is 38.5 Å². The first kappa shape index (κ1) is 9.49. The highest BCUT2D eigenvalue weighted by Crippen LogP contribution is 2.30. The van der Waals surface area contributed by atoms with Gasteiger partial charge in [-0.1, -0.05) is 18.0 Å². The van der Waals surface area contributed by atoms with Crippen LogP contribution in [-0.2, 0) is 9.63 Å². The topological polar surface area (TPSA) is 58.9 Å². The van der Waals surface area contributed by atoms with Crippen molar-refractivity contribution in [3.63, 3.8) is 0 Å². The van der Waals surface area contributed by atoms with Crippen LogP contribution in [0, 0.1) is 5.92 Å². The monoisotopic (exact) mass is 197 g/mol. The van der Waals surface area contributed by atoms with Gasteiger partial charge in [0.25, 0.3) is 0 Å². The van der Waals surface area contributed by atoms with Crippen LogP contribution in [0.2, 0.25) is 0 Å². The average Bonchev–Trinajstić information content (AvgIpc) is 2.69. The number of oxime groups is 1. The Morgan fingerprint density at radius 2 is 2.21 bits per heavy atom. The maximum Gasteiger partial charge on any atom is 0.307 e. The van der Waals surface area contributed by atoms with Gasteiger partial charge in [0.2, 0.25) is 0 Å². The zero-order valence-corrected chi connectivity index (χ0v) is 8.11. The molecule has 1 atom stereocenters. The van der Waals surface area contributed by atoms with Crippen molar-refractivity contribution in [3.8, 4) is 0 Å². The molecule has 0 radical (unpaired) electrons. The van der Waals surface area contributed by atoms with E-state index < -0.39 is 5.97 Å². The van der Waals surface area contributed by atoms with Crippen LogP contribution in [0.5, 0.6) is 0 Å². The summed E-state index contributed by atoms with van der Waals surface area (Å²) in [6.07, 6.45) is 5.50. The van der Waals surface area contributed by atoms with Crippen LogP contribution in [0.15, 0.2) is 5.16 Å². The molecule has 4 nitrogen and oxygen atoms in total. The summed E-state index contributed by atoms with van der Waals surface area (Å²) in [5.41, 5.74) is 1.09. The Labute approximate surface area is 82.9 Å². The molecule has 1 aliphatic carbocycles. The minimum atomic E-state index is -0.808. The summed E-state index contributed by atoms with van der Waals surface area (Å²) in [5.74, 6) is -0.244. The first-order valence-corrected chi connectivity index (χ1v) is 5.20. The third-order valence-corrected chi connectivity index (χ3v) is 2.98. The number of hydrogen-bond acceptors (Lipinski definition) is 3. The molecule has 4 heteroatoms. The molecule has 78 valence electrons. The second-order valence-electron chi connectivity index (χ2n) is 4.09. The van der Waals surface area contributed by atoms with E-state index in [0.717, 1.165) is 12.1 Å². The molecule has 0 bridgehead atoms. The van der Waals surface area contributed by atoms with Gasteiger partial charge in [-0.3, -0.25) is 4.79 Å². The van der Waals surface area contributed by atoms with Crippen LogP contribution in [0.25, 0.3) is 0 Å². The molecule has 2 rings (SSSR count). The predicted molar refractivity (Wildman–Crippen MR) is 51.1 cm³/mol. The Bertz CT molecular complexity index is 256. The van der Waals surface area contributed by atoms with Crippen molar-refractivity contribution < 1.29 is 14.7 Å². The highest BCUT2D eigenvalue weighted by molar-refractivity contribution is 5.88. The van der Waals surface area contributed by atoms with E-state index in [0.29, 0.717) is 5.92 Å². The van der Waals surface area contributed by atoms with Crippen molar-refractivity contribution in [3.05, 3.63) is 0 Å². The van der Waals surface area contributed by atoms with E-state index in [1.54, 1.807) is 0 Å². The standard InChI is InChI=1S/C10H15NO3/c12-10(13)6-8-5-9(11-14-8)7-3-1-2-4-7/h7-8H,1-6H2,(H,12,13). The van der Waals surface area contributed by atoms with Crippen molar-refractivity contribution in [2.75, 3.05) is 0 Å². The Balaban J connectivity index is 1.83. The van der Waals surface area contributed by atoms with Crippen molar-refractivity contribution in [2.45, 2.75) is 44.6 Å². The molecule has 0 saturated heterocycles. The summed E-state index contributed by atoms with van der Waals surface area (Å²) in [6, 6.07) is 0. The number of carboxylic acid groups (broad SMARTS) is 1. The molecule has 0 aromatic heterocycles. The minimum absolute atomic E-state index is 0.0692. The number of aliphatic carboxylic acids is 1. The Morgan fingerprint density at radius 3 is 2.86 bits per heavy atom. The number of carbonyl (C=O) groups is 1. The van der Waals surface area contributed by atoms with Crippen molar-refractivity contribution in [2.24, 2.45) is 11.1 Å². The molecular weight excluding hydrogens is 182 g/mol. The molecular formula is C10H15NO3. The first-order valence-electron chi connectivity index (χ1n) is 5.20. The molecule has 1 unspecified atom stereocenters. The van der Waals surface area contributed by atoms with Crippen molar-refractivity contribution in [1.82, 2.24) is 0 Å². The summed E-state index contributed by atoms with van der Waals surface area (Å²) in [5, 5.41) is 12.6. The lowest BCUT2D eigenvalue weighted by molar-refractivity contribution is -0.139. The molecule has 1 aliphatic heterocycles. The Hall–Kier alpha value is -1.06. The van der Waals surface area contributed by atoms with Crippen LogP contribution >= 0.6 is 0 Å². The highest BCUT2D eigenvalue weighted by atomic mass is 16.6. The molecule has 14 heavy (non-hydrogen) atoms. The van der Waals surface area contributed by atoms with Gasteiger partial charge < -0.3 is 9.94 Å². The van der Waals surface area contributed by atoms with Gasteiger partial charge >= 0.3 is 5.97 Å². The van der Waals surface area contributed by atoms with Crippen LogP contribution < -0.4 is 0 Å². The van der Waals surface area contributed by atoms with E-state index in [1.165, 1.54) is 25.7 Å². The normalized spacial score (nSPS) is 27.4. The smallest absolute Gasteiger partial charge is 0.307 e. The predicted octanol–water partition coefficient (Wildman–Crippen LogP) is 1.80. The molecule has 1 heterocycles. The van der Waals surface area contributed by atoms with E-state index in [1.807, 2.05) is 0 Å².